The summed E-state index contributed by atoms with van der Waals surface area (Å²) in [5.74, 6) is 0.499. The molecule has 0 amide bonds. The molecular weight excluding hydrogens is 176 g/mol. The zero-order chi connectivity index (χ0) is 10.4. The molecule has 1 rings (SSSR count). The number of aliphatic imine (C=N–C) groups is 2. The average molecular weight is 190 g/mol. The van der Waals surface area contributed by atoms with Gasteiger partial charge in [0.15, 0.2) is 0 Å². The Bertz CT molecular complexity index is 344. The highest BCUT2D eigenvalue weighted by Gasteiger charge is 1.96. The number of hydrogen-bond acceptors (Lipinski definition) is 2. The molecule has 1 aromatic carbocycles. The fraction of sp³-hybridized carbons (Fsp3) is 0.200. The predicted molar refractivity (Wildman–Crippen MR) is 60.9 cm³/mol. The second kappa shape index (κ2) is 5.14. The highest BCUT2D eigenvalue weighted by atomic mass is 15.1. The molecule has 0 saturated heterocycles. The number of guanidine groups is 1. The topological polar surface area (TPSA) is 62.8 Å². The second-order valence-electron chi connectivity index (χ2n) is 2.73. The van der Waals surface area contributed by atoms with Gasteiger partial charge in [-0.2, -0.15) is 0 Å². The van der Waals surface area contributed by atoms with Crippen molar-refractivity contribution in [1.82, 2.24) is 0 Å². The molecule has 0 radical (unpaired) electrons. The molecule has 0 saturated carbocycles. The van der Waals surface area contributed by atoms with Crippen molar-refractivity contribution >= 4 is 18.4 Å². The Morgan fingerprint density at radius 3 is 2.93 bits per heavy atom. The molecule has 0 bridgehead atoms. The summed E-state index contributed by atoms with van der Waals surface area (Å²) in [7, 11) is 1.66. The summed E-state index contributed by atoms with van der Waals surface area (Å²) in [5.41, 5.74) is 7.50. The van der Waals surface area contributed by atoms with E-state index in [1.807, 2.05) is 24.3 Å². The van der Waals surface area contributed by atoms with E-state index in [4.69, 9.17) is 5.73 Å². The van der Waals surface area contributed by atoms with Gasteiger partial charge in [-0.15, -0.1) is 0 Å². The molecule has 4 nitrogen and oxygen atoms in total. The Morgan fingerprint density at radius 1 is 1.57 bits per heavy atom. The maximum atomic E-state index is 5.52. The Kier molecular flexibility index (Phi) is 3.82. The Balaban J connectivity index is 2.81. The van der Waals surface area contributed by atoms with Crippen molar-refractivity contribution in [2.75, 3.05) is 12.4 Å². The van der Waals surface area contributed by atoms with E-state index in [1.54, 1.807) is 7.05 Å². The van der Waals surface area contributed by atoms with E-state index in [1.165, 1.54) is 0 Å². The number of benzene rings is 1. The molecular formula is C10H14N4. The van der Waals surface area contributed by atoms with Crippen LogP contribution >= 0.6 is 0 Å². The van der Waals surface area contributed by atoms with Crippen LogP contribution in [0.5, 0.6) is 0 Å². The first-order valence-corrected chi connectivity index (χ1v) is 4.29. The number of nitrogens with zero attached hydrogens (tertiary/aromatic N) is 2. The fourth-order valence-electron chi connectivity index (χ4n) is 1.07. The third-order valence-corrected chi connectivity index (χ3v) is 1.78. The second-order valence-corrected chi connectivity index (χ2v) is 2.73. The van der Waals surface area contributed by atoms with Crippen molar-refractivity contribution in [3.05, 3.63) is 29.8 Å². The minimum absolute atomic E-state index is 0.499. The van der Waals surface area contributed by atoms with Crippen LogP contribution in [0.3, 0.4) is 0 Å². The summed E-state index contributed by atoms with van der Waals surface area (Å²) in [6, 6.07) is 7.78. The average Bonchev–Trinajstić information content (AvgIpc) is 2.26. The van der Waals surface area contributed by atoms with Crippen molar-refractivity contribution in [1.29, 1.82) is 0 Å². The molecule has 0 aliphatic rings. The Morgan fingerprint density at radius 2 is 2.36 bits per heavy atom. The van der Waals surface area contributed by atoms with E-state index >= 15 is 0 Å². The summed E-state index contributed by atoms with van der Waals surface area (Å²) in [6.07, 6.45) is 0. The van der Waals surface area contributed by atoms with Crippen LogP contribution in [0.2, 0.25) is 0 Å². The van der Waals surface area contributed by atoms with Crippen LogP contribution in [0.15, 0.2) is 34.3 Å². The Labute approximate surface area is 83.6 Å². The van der Waals surface area contributed by atoms with Gasteiger partial charge in [0.05, 0.1) is 0 Å². The minimum atomic E-state index is 0.499. The first-order chi connectivity index (χ1) is 6.80. The fourth-order valence-corrected chi connectivity index (χ4v) is 1.07. The SMILES string of the molecule is C=NC(=NC)Nc1cccc(CN)c1. The normalized spacial score (nSPS) is 11.1. The molecule has 0 aliphatic heterocycles. The van der Waals surface area contributed by atoms with E-state index in [9.17, 15) is 0 Å². The lowest BCUT2D eigenvalue weighted by molar-refractivity contribution is 1.07. The summed E-state index contributed by atoms with van der Waals surface area (Å²) in [6.45, 7) is 3.93. The smallest absolute Gasteiger partial charge is 0.221 e. The molecule has 0 aliphatic carbocycles. The van der Waals surface area contributed by atoms with Gasteiger partial charge in [-0.05, 0) is 24.4 Å². The van der Waals surface area contributed by atoms with Gasteiger partial charge < -0.3 is 11.1 Å². The van der Waals surface area contributed by atoms with Crippen LogP contribution in [0, 0.1) is 0 Å². The van der Waals surface area contributed by atoms with E-state index in [2.05, 4.69) is 22.0 Å². The van der Waals surface area contributed by atoms with Gasteiger partial charge in [-0.1, -0.05) is 12.1 Å². The minimum Gasteiger partial charge on any atom is -0.326 e. The monoisotopic (exact) mass is 190 g/mol. The first kappa shape index (κ1) is 10.4. The van der Waals surface area contributed by atoms with Crippen LogP contribution < -0.4 is 11.1 Å². The van der Waals surface area contributed by atoms with Gasteiger partial charge in [0.2, 0.25) is 5.96 Å². The standard InChI is InChI=1S/C10H14N4/c1-12-10(13-2)14-9-5-3-4-8(6-9)7-11/h3-6H,1,7,11H2,2H3,(H,13,14). The van der Waals surface area contributed by atoms with Gasteiger partial charge >= 0.3 is 0 Å². The molecule has 0 heterocycles. The first-order valence-electron chi connectivity index (χ1n) is 4.29. The zero-order valence-corrected chi connectivity index (χ0v) is 8.20. The molecule has 1 aromatic rings. The Hall–Kier alpha value is -1.68. The van der Waals surface area contributed by atoms with E-state index < -0.39 is 0 Å². The molecule has 0 fully saturated rings. The maximum absolute atomic E-state index is 5.52. The molecule has 0 aromatic heterocycles. The number of rotatable bonds is 2. The lowest BCUT2D eigenvalue weighted by atomic mass is 10.2. The summed E-state index contributed by atoms with van der Waals surface area (Å²) in [5, 5.41) is 3.02. The van der Waals surface area contributed by atoms with E-state index in [-0.39, 0.29) is 0 Å². The maximum Gasteiger partial charge on any atom is 0.221 e. The van der Waals surface area contributed by atoms with E-state index in [0.29, 0.717) is 12.5 Å². The number of nitrogens with one attached hydrogen (secondary N) is 1. The third-order valence-electron chi connectivity index (χ3n) is 1.78. The van der Waals surface area contributed by atoms with Gasteiger partial charge in [0.1, 0.15) is 0 Å². The lowest BCUT2D eigenvalue weighted by Crippen LogP contribution is -2.08. The third kappa shape index (κ3) is 2.67. The molecule has 4 heteroatoms. The predicted octanol–water partition coefficient (Wildman–Crippen LogP) is 1.24. The van der Waals surface area contributed by atoms with Gasteiger partial charge in [0, 0.05) is 19.3 Å². The highest BCUT2D eigenvalue weighted by molar-refractivity contribution is 5.96. The van der Waals surface area contributed by atoms with Crippen LogP contribution in [0.25, 0.3) is 0 Å². The largest absolute Gasteiger partial charge is 0.326 e. The number of anilines is 1. The molecule has 0 spiro atoms. The number of hydrogen-bond donors (Lipinski definition) is 2. The van der Waals surface area contributed by atoms with Crippen LogP contribution in [0.1, 0.15) is 5.56 Å². The van der Waals surface area contributed by atoms with Crippen LogP contribution in [-0.2, 0) is 6.54 Å². The van der Waals surface area contributed by atoms with Gasteiger partial charge in [-0.3, -0.25) is 4.99 Å². The van der Waals surface area contributed by atoms with E-state index in [0.717, 1.165) is 11.3 Å². The quantitative estimate of drug-likeness (QED) is 0.544. The molecule has 0 atom stereocenters. The highest BCUT2D eigenvalue weighted by Crippen LogP contribution is 2.10. The molecule has 74 valence electrons. The summed E-state index contributed by atoms with van der Waals surface area (Å²) in [4.78, 5) is 7.62. The van der Waals surface area contributed by atoms with Crippen LogP contribution in [0.4, 0.5) is 5.69 Å². The van der Waals surface area contributed by atoms with Crippen molar-refractivity contribution in [2.45, 2.75) is 6.54 Å². The molecule has 14 heavy (non-hydrogen) atoms. The van der Waals surface area contributed by atoms with Crippen LogP contribution in [-0.4, -0.2) is 19.7 Å². The summed E-state index contributed by atoms with van der Waals surface area (Å²) >= 11 is 0. The lowest BCUT2D eigenvalue weighted by Gasteiger charge is -2.05. The van der Waals surface area contributed by atoms with Gasteiger partial charge in [-0.25, -0.2) is 4.99 Å². The zero-order valence-electron chi connectivity index (χ0n) is 8.20. The molecule has 3 N–H and O–H groups in total. The van der Waals surface area contributed by atoms with Crippen molar-refractivity contribution in [3.8, 4) is 0 Å². The van der Waals surface area contributed by atoms with Crippen molar-refractivity contribution in [3.63, 3.8) is 0 Å². The number of nitrogens with two attached hydrogens (primary N) is 1. The summed E-state index contributed by atoms with van der Waals surface area (Å²) < 4.78 is 0. The molecule has 0 unspecified atom stereocenters. The van der Waals surface area contributed by atoms with Crippen molar-refractivity contribution < 1.29 is 0 Å². The van der Waals surface area contributed by atoms with Gasteiger partial charge in [0.25, 0.3) is 0 Å². The van der Waals surface area contributed by atoms with Crippen molar-refractivity contribution in [2.24, 2.45) is 15.7 Å².